The zero-order valence-corrected chi connectivity index (χ0v) is 12.8. The number of aromatic nitrogens is 2. The van der Waals surface area contributed by atoms with Crippen LogP contribution in [0.1, 0.15) is 20.8 Å². The number of anilines is 1. The van der Waals surface area contributed by atoms with Crippen molar-refractivity contribution < 1.29 is 4.79 Å². The maximum atomic E-state index is 11.8. The van der Waals surface area contributed by atoms with Crippen LogP contribution in [0.4, 0.5) is 5.69 Å². The monoisotopic (exact) mass is 289 g/mol. The van der Waals surface area contributed by atoms with Gasteiger partial charge < -0.3 is 9.88 Å². The molecule has 1 N–H and O–H groups in total. The van der Waals surface area contributed by atoms with E-state index in [1.807, 2.05) is 36.0 Å². The lowest BCUT2D eigenvalue weighted by Crippen LogP contribution is -2.17. The predicted molar refractivity (Wildman–Crippen MR) is 82.9 cm³/mol. The summed E-state index contributed by atoms with van der Waals surface area (Å²) < 4.78 is 1.92. The average Bonchev–Trinajstić information content (AvgIpc) is 2.82. The van der Waals surface area contributed by atoms with Crippen molar-refractivity contribution in [2.24, 2.45) is 0 Å². The van der Waals surface area contributed by atoms with Crippen molar-refractivity contribution in [2.45, 2.75) is 37.0 Å². The molecule has 0 unspecified atom stereocenters. The Morgan fingerprint density at radius 3 is 2.55 bits per heavy atom. The molecule has 0 aliphatic heterocycles. The Balaban J connectivity index is 1.92. The summed E-state index contributed by atoms with van der Waals surface area (Å²) >= 11 is 1.81. The fourth-order valence-electron chi connectivity index (χ4n) is 1.71. The highest BCUT2D eigenvalue weighted by atomic mass is 32.2. The highest BCUT2D eigenvalue weighted by Gasteiger charge is 2.11. The third-order valence-corrected chi connectivity index (χ3v) is 3.57. The molecule has 0 fully saturated rings. The molecule has 0 atom stereocenters. The molecule has 1 amide bonds. The Hall–Kier alpha value is -1.75. The van der Waals surface area contributed by atoms with Gasteiger partial charge in [-0.15, -0.1) is 11.8 Å². The minimum Gasteiger partial charge on any atom is -0.328 e. The van der Waals surface area contributed by atoms with E-state index in [1.165, 1.54) is 4.90 Å². The van der Waals surface area contributed by atoms with Crippen molar-refractivity contribution >= 4 is 23.4 Å². The first-order chi connectivity index (χ1) is 9.42. The lowest BCUT2D eigenvalue weighted by molar-refractivity contribution is -0.116. The van der Waals surface area contributed by atoms with Crippen molar-refractivity contribution in [3.05, 3.63) is 43.0 Å². The average molecular weight is 289 g/mol. The molecule has 5 heteroatoms. The lowest BCUT2D eigenvalue weighted by Gasteiger charge is -2.17. The first-order valence-corrected chi connectivity index (χ1v) is 7.29. The molecule has 0 bridgehead atoms. The second-order valence-electron chi connectivity index (χ2n) is 5.52. The fourth-order valence-corrected chi connectivity index (χ4v) is 2.69. The Morgan fingerprint density at radius 1 is 1.30 bits per heavy atom. The molecule has 2 aromatic rings. The number of thioether (sulfide) groups is 1. The van der Waals surface area contributed by atoms with E-state index in [2.05, 4.69) is 31.1 Å². The third kappa shape index (κ3) is 4.74. The number of amides is 1. The van der Waals surface area contributed by atoms with Crippen molar-refractivity contribution in [3.63, 3.8) is 0 Å². The van der Waals surface area contributed by atoms with Crippen molar-refractivity contribution in [1.82, 2.24) is 9.55 Å². The molecule has 0 saturated carbocycles. The van der Waals surface area contributed by atoms with E-state index >= 15 is 0 Å². The quantitative estimate of drug-likeness (QED) is 0.877. The first kappa shape index (κ1) is 14.7. The molecule has 0 aliphatic carbocycles. The van der Waals surface area contributed by atoms with E-state index in [1.54, 1.807) is 23.3 Å². The first-order valence-electron chi connectivity index (χ1n) is 6.47. The SMILES string of the molecule is CC(C)(C)Sc1ccc(NC(=O)Cn2ccnc2)cc1. The van der Waals surface area contributed by atoms with Crippen LogP contribution in [0.2, 0.25) is 0 Å². The zero-order valence-electron chi connectivity index (χ0n) is 12.0. The molecule has 0 saturated heterocycles. The van der Waals surface area contributed by atoms with Crippen molar-refractivity contribution in [1.29, 1.82) is 0 Å². The topological polar surface area (TPSA) is 46.9 Å². The number of nitrogens with zero attached hydrogens (tertiary/aromatic N) is 2. The van der Waals surface area contributed by atoms with Gasteiger partial charge in [0.2, 0.25) is 5.91 Å². The van der Waals surface area contributed by atoms with Crippen LogP contribution in [-0.2, 0) is 11.3 Å². The van der Waals surface area contributed by atoms with Crippen LogP contribution in [0.5, 0.6) is 0 Å². The number of rotatable bonds is 4. The van der Waals surface area contributed by atoms with Gasteiger partial charge in [0.25, 0.3) is 0 Å². The van der Waals surface area contributed by atoms with Crippen LogP contribution in [-0.4, -0.2) is 20.2 Å². The number of hydrogen-bond acceptors (Lipinski definition) is 3. The molecule has 0 aliphatic rings. The van der Waals surface area contributed by atoms with Gasteiger partial charge in [-0.3, -0.25) is 4.79 Å². The molecule has 0 spiro atoms. The van der Waals surface area contributed by atoms with E-state index in [-0.39, 0.29) is 17.2 Å². The summed E-state index contributed by atoms with van der Waals surface area (Å²) in [5.41, 5.74) is 0.813. The van der Waals surface area contributed by atoms with E-state index in [0.29, 0.717) is 0 Å². The molecular formula is C15H19N3OS. The minimum absolute atomic E-state index is 0.0563. The molecule has 1 aromatic carbocycles. The van der Waals surface area contributed by atoms with Crippen LogP contribution in [0, 0.1) is 0 Å². The predicted octanol–water partition coefficient (Wildman–Crippen LogP) is 3.41. The fraction of sp³-hybridized carbons (Fsp3) is 0.333. The van der Waals surface area contributed by atoms with E-state index < -0.39 is 0 Å². The maximum Gasteiger partial charge on any atom is 0.244 e. The molecule has 1 aromatic heterocycles. The van der Waals surface area contributed by atoms with E-state index in [0.717, 1.165) is 5.69 Å². The lowest BCUT2D eigenvalue weighted by atomic mass is 10.3. The smallest absolute Gasteiger partial charge is 0.244 e. The van der Waals surface area contributed by atoms with Crippen LogP contribution < -0.4 is 5.32 Å². The number of hydrogen-bond donors (Lipinski definition) is 1. The molecule has 2 rings (SSSR count). The number of benzene rings is 1. The Kier molecular flexibility index (Phi) is 4.49. The molecule has 0 radical (unpaired) electrons. The number of carbonyl (C=O) groups excluding carboxylic acids is 1. The Labute approximate surface area is 123 Å². The van der Waals surface area contributed by atoms with Gasteiger partial charge in [-0.1, -0.05) is 20.8 Å². The zero-order chi connectivity index (χ0) is 14.6. The molecule has 4 nitrogen and oxygen atoms in total. The highest BCUT2D eigenvalue weighted by Crippen LogP contribution is 2.32. The maximum absolute atomic E-state index is 11.8. The second kappa shape index (κ2) is 6.13. The van der Waals surface area contributed by atoms with Crippen molar-refractivity contribution in [2.75, 3.05) is 5.32 Å². The normalized spacial score (nSPS) is 11.3. The van der Waals surface area contributed by atoms with E-state index in [9.17, 15) is 4.79 Å². The van der Waals surface area contributed by atoms with Gasteiger partial charge in [0.05, 0.1) is 6.33 Å². The molecule has 20 heavy (non-hydrogen) atoms. The standard InChI is InChI=1S/C15H19N3OS/c1-15(2,3)20-13-6-4-12(5-7-13)17-14(19)10-18-9-8-16-11-18/h4-9,11H,10H2,1-3H3,(H,17,19). The largest absolute Gasteiger partial charge is 0.328 e. The molecule has 106 valence electrons. The van der Waals surface area contributed by atoms with Crippen molar-refractivity contribution in [3.8, 4) is 0 Å². The van der Waals surface area contributed by atoms with Crippen LogP contribution in [0.25, 0.3) is 0 Å². The number of carbonyl (C=O) groups is 1. The summed E-state index contributed by atoms with van der Waals surface area (Å²) in [5.74, 6) is -0.0563. The summed E-state index contributed by atoms with van der Waals surface area (Å²) in [6, 6.07) is 7.92. The van der Waals surface area contributed by atoms with Crippen LogP contribution in [0.3, 0.4) is 0 Å². The Bertz CT molecular complexity index is 556. The van der Waals surface area contributed by atoms with E-state index in [4.69, 9.17) is 0 Å². The minimum atomic E-state index is -0.0563. The van der Waals surface area contributed by atoms with Gasteiger partial charge >= 0.3 is 0 Å². The van der Waals surface area contributed by atoms with Gasteiger partial charge in [0.15, 0.2) is 0 Å². The number of imidazole rings is 1. The third-order valence-electron chi connectivity index (χ3n) is 2.45. The van der Waals surface area contributed by atoms with Crippen LogP contribution in [0.15, 0.2) is 47.9 Å². The molecule has 1 heterocycles. The van der Waals surface area contributed by atoms with Gasteiger partial charge in [0.1, 0.15) is 6.54 Å². The summed E-state index contributed by atoms with van der Waals surface area (Å²) in [7, 11) is 0. The Morgan fingerprint density at radius 2 is 2.00 bits per heavy atom. The van der Waals surface area contributed by atoms with Gasteiger partial charge in [-0.2, -0.15) is 0 Å². The van der Waals surface area contributed by atoms with Gasteiger partial charge in [-0.25, -0.2) is 4.98 Å². The summed E-state index contributed by atoms with van der Waals surface area (Å²) in [5, 5.41) is 2.87. The summed E-state index contributed by atoms with van der Waals surface area (Å²) in [6.07, 6.45) is 5.05. The highest BCUT2D eigenvalue weighted by molar-refractivity contribution is 8.00. The second-order valence-corrected chi connectivity index (χ2v) is 7.42. The van der Waals surface area contributed by atoms with Gasteiger partial charge in [0, 0.05) is 27.7 Å². The number of nitrogens with one attached hydrogen (secondary N) is 1. The summed E-state index contributed by atoms with van der Waals surface area (Å²) in [4.78, 5) is 16.9. The van der Waals surface area contributed by atoms with Crippen LogP contribution >= 0.6 is 11.8 Å². The summed E-state index contributed by atoms with van der Waals surface area (Å²) in [6.45, 7) is 6.81. The molecular weight excluding hydrogens is 270 g/mol. The van der Waals surface area contributed by atoms with Gasteiger partial charge in [-0.05, 0) is 24.3 Å².